The fraction of sp³-hybridized carbons (Fsp3) is 0.650. The summed E-state index contributed by atoms with van der Waals surface area (Å²) < 4.78 is 11.1. The number of nitrogens with two attached hydrogens (primary N) is 1. The number of fused-ring (bicyclic) bond motifs is 4. The zero-order valence-electron chi connectivity index (χ0n) is 17.4. The number of allylic oxidation sites excluding steroid dienone is 2. The Hall–Kier alpha value is -2.43. The lowest BCUT2D eigenvalue weighted by molar-refractivity contribution is -0.137. The number of rotatable bonds is 4. The van der Waals surface area contributed by atoms with Gasteiger partial charge in [0.15, 0.2) is 5.72 Å². The third kappa shape index (κ3) is 2.44. The van der Waals surface area contributed by atoms with E-state index in [0.717, 1.165) is 13.1 Å². The maximum atomic E-state index is 13.8. The molecule has 5 aliphatic rings. The van der Waals surface area contributed by atoms with Gasteiger partial charge in [0.05, 0.1) is 23.4 Å². The van der Waals surface area contributed by atoms with E-state index < -0.39 is 17.7 Å². The molecule has 0 saturated carbocycles. The van der Waals surface area contributed by atoms with Gasteiger partial charge in [-0.05, 0) is 14.0 Å². The van der Waals surface area contributed by atoms with Crippen LogP contribution in [0.1, 0.15) is 6.92 Å². The van der Waals surface area contributed by atoms with Gasteiger partial charge in [0.1, 0.15) is 6.61 Å². The molecule has 10 heteroatoms. The second kappa shape index (κ2) is 6.53. The van der Waals surface area contributed by atoms with E-state index >= 15 is 0 Å². The number of piperazine rings is 2. The van der Waals surface area contributed by atoms with Crippen molar-refractivity contribution in [2.45, 2.75) is 24.7 Å². The van der Waals surface area contributed by atoms with Gasteiger partial charge in [-0.1, -0.05) is 0 Å². The van der Waals surface area contributed by atoms with Gasteiger partial charge in [-0.2, -0.15) is 0 Å². The number of Topliss-reactive ketones (excluding diaryl/α,β-unsaturated/α-hetero) is 2. The lowest BCUT2D eigenvalue weighted by atomic mass is 9.82. The van der Waals surface area contributed by atoms with E-state index in [0.29, 0.717) is 42.2 Å². The molecule has 0 bridgehead atoms. The first-order chi connectivity index (χ1) is 14.3. The van der Waals surface area contributed by atoms with Gasteiger partial charge in [0.25, 0.3) is 0 Å². The van der Waals surface area contributed by atoms with Crippen molar-refractivity contribution in [3.8, 4) is 0 Å². The quantitative estimate of drug-likeness (QED) is 0.421. The van der Waals surface area contributed by atoms with Crippen LogP contribution in [-0.4, -0.2) is 104 Å². The Labute approximate surface area is 174 Å². The van der Waals surface area contributed by atoms with Crippen LogP contribution >= 0.6 is 0 Å². The Morgan fingerprint density at radius 2 is 1.90 bits per heavy atom. The first-order valence-electron chi connectivity index (χ1n) is 10.3. The summed E-state index contributed by atoms with van der Waals surface area (Å²) in [5, 5.41) is 3.36. The van der Waals surface area contributed by atoms with Crippen molar-refractivity contribution >= 4 is 17.7 Å². The van der Waals surface area contributed by atoms with Gasteiger partial charge in [-0.15, -0.1) is 0 Å². The van der Waals surface area contributed by atoms with Crippen LogP contribution in [0.4, 0.5) is 4.79 Å². The third-order valence-corrected chi connectivity index (χ3v) is 7.22. The van der Waals surface area contributed by atoms with Crippen LogP contribution in [0, 0.1) is 5.92 Å². The smallest absolute Gasteiger partial charge is 0.404 e. The number of nitrogens with zero attached hydrogens (tertiary/aromatic N) is 3. The number of nitrogens with one attached hydrogen (secondary N) is 1. The monoisotopic (exact) mass is 417 g/mol. The molecule has 5 rings (SSSR count). The van der Waals surface area contributed by atoms with Crippen molar-refractivity contribution < 1.29 is 23.9 Å². The molecule has 3 N–H and O–H groups in total. The number of likely N-dealkylation sites (N-methyl/N-ethyl adjacent to an activating group) is 1. The Morgan fingerprint density at radius 1 is 1.20 bits per heavy atom. The molecular weight excluding hydrogens is 390 g/mol. The molecule has 10 nitrogen and oxygen atoms in total. The molecule has 162 valence electrons. The minimum absolute atomic E-state index is 0.0393. The van der Waals surface area contributed by atoms with E-state index in [1.807, 2.05) is 16.8 Å². The van der Waals surface area contributed by atoms with E-state index in [-0.39, 0.29) is 30.3 Å². The number of methoxy groups -OCH3 is 1. The number of hydrogen-bond acceptors (Lipinski definition) is 9. The largest absolute Gasteiger partial charge is 0.449 e. The maximum absolute atomic E-state index is 13.8. The molecule has 1 aliphatic carbocycles. The van der Waals surface area contributed by atoms with Gasteiger partial charge >= 0.3 is 6.09 Å². The fourth-order valence-corrected chi connectivity index (χ4v) is 5.69. The average Bonchev–Trinajstić information content (AvgIpc) is 3.32. The molecule has 4 atom stereocenters. The Kier molecular flexibility index (Phi) is 4.25. The number of carbonyl (C=O) groups excluding carboxylic acids is 3. The first-order valence-corrected chi connectivity index (χ1v) is 10.3. The summed E-state index contributed by atoms with van der Waals surface area (Å²) in [4.78, 5) is 44.8. The van der Waals surface area contributed by atoms with Crippen LogP contribution in [0.5, 0.6) is 0 Å². The molecule has 3 fully saturated rings. The molecule has 0 aromatic carbocycles. The maximum Gasteiger partial charge on any atom is 0.404 e. The Morgan fingerprint density at radius 3 is 2.53 bits per heavy atom. The van der Waals surface area contributed by atoms with Crippen molar-refractivity contribution in [2.75, 3.05) is 53.5 Å². The highest BCUT2D eigenvalue weighted by molar-refractivity contribution is 6.25. The predicted molar refractivity (Wildman–Crippen MR) is 105 cm³/mol. The minimum Gasteiger partial charge on any atom is -0.449 e. The lowest BCUT2D eigenvalue weighted by Gasteiger charge is -2.39. The van der Waals surface area contributed by atoms with Crippen molar-refractivity contribution in [2.24, 2.45) is 11.7 Å². The standard InChI is InChI=1S/C20H27N5O5/c1-10-14(24-6-4-23(2)5-7-24)17(27)13-11(9-30-19(21)28)20(29-3)18-12(22-18)8-25(20)15(13)16(10)26/h11-12,18,22H,4-9H2,1-3H3,(H2,21,28). The highest BCUT2D eigenvalue weighted by Crippen LogP contribution is 2.56. The molecule has 0 aromatic heterocycles. The van der Waals surface area contributed by atoms with Crippen molar-refractivity contribution in [3.05, 3.63) is 22.5 Å². The molecule has 4 heterocycles. The number of carbonyl (C=O) groups is 3. The summed E-state index contributed by atoms with van der Waals surface area (Å²) in [7, 11) is 3.61. The molecule has 4 aliphatic heterocycles. The van der Waals surface area contributed by atoms with Gasteiger partial charge in [0.2, 0.25) is 11.6 Å². The zero-order valence-corrected chi connectivity index (χ0v) is 17.4. The summed E-state index contributed by atoms with van der Waals surface area (Å²) in [5.41, 5.74) is 6.00. The minimum atomic E-state index is -0.937. The molecule has 3 saturated heterocycles. The second-order valence-electron chi connectivity index (χ2n) is 8.68. The van der Waals surface area contributed by atoms with Crippen LogP contribution in [0.25, 0.3) is 0 Å². The van der Waals surface area contributed by atoms with Crippen LogP contribution < -0.4 is 11.1 Å². The van der Waals surface area contributed by atoms with Gasteiger partial charge in [0, 0.05) is 57.0 Å². The zero-order chi connectivity index (χ0) is 21.4. The third-order valence-electron chi connectivity index (χ3n) is 7.22. The van der Waals surface area contributed by atoms with Crippen molar-refractivity contribution in [1.29, 1.82) is 0 Å². The fourth-order valence-electron chi connectivity index (χ4n) is 5.69. The molecule has 0 spiro atoms. The lowest BCUT2D eigenvalue weighted by Crippen LogP contribution is -2.55. The SMILES string of the molecule is COC12C(COC(N)=O)C3=C(C(=O)C(C)=C(N4CCN(C)CC4)C3=O)N1CC1NC12. The molecule has 0 aromatic rings. The van der Waals surface area contributed by atoms with Crippen LogP contribution in [-0.2, 0) is 19.1 Å². The van der Waals surface area contributed by atoms with Crippen LogP contribution in [0.15, 0.2) is 22.5 Å². The van der Waals surface area contributed by atoms with Crippen molar-refractivity contribution in [1.82, 2.24) is 20.0 Å². The number of hydrogen-bond donors (Lipinski definition) is 2. The van der Waals surface area contributed by atoms with Gasteiger partial charge in [-0.3, -0.25) is 9.59 Å². The average molecular weight is 417 g/mol. The molecular formula is C20H27N5O5. The van der Waals surface area contributed by atoms with Crippen molar-refractivity contribution in [3.63, 3.8) is 0 Å². The summed E-state index contributed by atoms with van der Waals surface area (Å²) in [5.74, 6) is -0.919. The Balaban J connectivity index is 1.57. The van der Waals surface area contributed by atoms with E-state index in [4.69, 9.17) is 15.2 Å². The van der Waals surface area contributed by atoms with Crippen LogP contribution in [0.2, 0.25) is 0 Å². The summed E-state index contributed by atoms with van der Waals surface area (Å²) in [6.07, 6.45) is -0.916. The summed E-state index contributed by atoms with van der Waals surface area (Å²) >= 11 is 0. The van der Waals surface area contributed by atoms with Gasteiger partial charge in [-0.25, -0.2) is 4.79 Å². The topological polar surface area (TPSA) is 127 Å². The number of ether oxygens (including phenoxy) is 2. The molecule has 30 heavy (non-hydrogen) atoms. The second-order valence-corrected chi connectivity index (χ2v) is 8.68. The number of ketones is 2. The van der Waals surface area contributed by atoms with E-state index in [1.54, 1.807) is 14.0 Å². The summed E-state index contributed by atoms with van der Waals surface area (Å²) in [6, 6.07) is 0.142. The summed E-state index contributed by atoms with van der Waals surface area (Å²) in [6.45, 7) is 5.18. The van der Waals surface area contributed by atoms with E-state index in [1.165, 1.54) is 0 Å². The Bertz CT molecular complexity index is 905. The first kappa shape index (κ1) is 19.5. The molecule has 4 unspecified atom stereocenters. The number of primary amides is 1. The predicted octanol–water partition coefficient (Wildman–Crippen LogP) is -1.36. The van der Waals surface area contributed by atoms with Gasteiger partial charge < -0.3 is 35.2 Å². The number of amides is 1. The highest BCUT2D eigenvalue weighted by Gasteiger charge is 2.72. The van der Waals surface area contributed by atoms with Crippen LogP contribution in [0.3, 0.4) is 0 Å². The molecule has 1 amide bonds. The normalized spacial score (nSPS) is 35.6. The van der Waals surface area contributed by atoms with E-state index in [2.05, 4.69) is 10.2 Å². The van der Waals surface area contributed by atoms with E-state index in [9.17, 15) is 14.4 Å². The molecule has 0 radical (unpaired) electrons. The highest BCUT2D eigenvalue weighted by atomic mass is 16.6.